The molecule has 3 N–H and O–H groups in total. The summed E-state index contributed by atoms with van der Waals surface area (Å²) in [7, 11) is 0. The van der Waals surface area contributed by atoms with Crippen molar-refractivity contribution in [3.8, 4) is 11.5 Å². The first-order valence-electron chi connectivity index (χ1n) is 6.38. The number of hydrogen-bond acceptors (Lipinski definition) is 4. The van der Waals surface area contributed by atoms with Crippen LogP contribution in [0.5, 0.6) is 11.5 Å². The molecule has 0 fully saturated rings. The molecular weight excluding hydrogens is 254 g/mol. The molecule has 1 amide bonds. The van der Waals surface area contributed by atoms with Crippen molar-refractivity contribution in [1.82, 2.24) is 10.3 Å². The monoisotopic (exact) mass is 271 g/mol. The van der Waals surface area contributed by atoms with Gasteiger partial charge in [-0.2, -0.15) is 0 Å². The zero-order valence-electron chi connectivity index (χ0n) is 11.5. The predicted molar refractivity (Wildman–Crippen MR) is 77.9 cm³/mol. The fraction of sp³-hybridized carbons (Fsp3) is 0.200. The van der Waals surface area contributed by atoms with Crippen LogP contribution < -0.4 is 15.8 Å². The van der Waals surface area contributed by atoms with Crippen molar-refractivity contribution in [1.29, 1.82) is 0 Å². The molecule has 1 heterocycles. The highest BCUT2D eigenvalue weighted by atomic mass is 16.5. The van der Waals surface area contributed by atoms with Gasteiger partial charge in [-0.3, -0.25) is 9.78 Å². The van der Waals surface area contributed by atoms with Crippen LogP contribution in [0.4, 0.5) is 5.69 Å². The number of anilines is 1. The molecule has 0 saturated heterocycles. The first-order valence-corrected chi connectivity index (χ1v) is 6.38. The van der Waals surface area contributed by atoms with E-state index in [0.717, 1.165) is 5.69 Å². The number of aryl methyl sites for hydroxylation is 1. The number of ether oxygens (including phenoxy) is 1. The molecule has 0 aliphatic carbocycles. The number of carbonyl (C=O) groups excluding carboxylic acids is 1. The van der Waals surface area contributed by atoms with Gasteiger partial charge in [-0.25, -0.2) is 0 Å². The Morgan fingerprint density at radius 3 is 2.80 bits per heavy atom. The molecule has 0 saturated carbocycles. The second-order valence-electron chi connectivity index (χ2n) is 4.35. The number of pyridine rings is 1. The van der Waals surface area contributed by atoms with Crippen LogP contribution in [0.2, 0.25) is 0 Å². The molecule has 0 spiro atoms. The molecule has 0 radical (unpaired) electrons. The number of benzene rings is 1. The standard InChI is InChI=1S/C15H17N3O2/c1-3-17-15(19)11-5-7-13(16)14(8-11)20-12-6-4-10(2)18-9-12/h4-9H,3,16H2,1-2H3,(H,17,19). The quantitative estimate of drug-likeness (QED) is 0.838. The Labute approximate surface area is 117 Å². The van der Waals surface area contributed by atoms with E-state index in [4.69, 9.17) is 10.5 Å². The zero-order chi connectivity index (χ0) is 14.5. The minimum absolute atomic E-state index is 0.153. The van der Waals surface area contributed by atoms with Crippen LogP contribution in [0.25, 0.3) is 0 Å². The predicted octanol–water partition coefficient (Wildman–Crippen LogP) is 2.51. The molecular formula is C15H17N3O2. The maximum absolute atomic E-state index is 11.8. The Morgan fingerprint density at radius 2 is 2.15 bits per heavy atom. The van der Waals surface area contributed by atoms with Crippen LogP contribution in [0.3, 0.4) is 0 Å². The second-order valence-corrected chi connectivity index (χ2v) is 4.35. The molecule has 0 unspecified atom stereocenters. The topological polar surface area (TPSA) is 77.2 Å². The number of carbonyl (C=O) groups is 1. The number of nitrogens with one attached hydrogen (secondary N) is 1. The van der Waals surface area contributed by atoms with Crippen molar-refractivity contribution >= 4 is 11.6 Å². The molecule has 1 aromatic heterocycles. The van der Waals surface area contributed by atoms with E-state index in [1.165, 1.54) is 0 Å². The van der Waals surface area contributed by atoms with Gasteiger partial charge in [-0.05, 0) is 44.2 Å². The summed E-state index contributed by atoms with van der Waals surface area (Å²) in [5.41, 5.74) is 7.75. The molecule has 20 heavy (non-hydrogen) atoms. The normalized spacial score (nSPS) is 10.1. The smallest absolute Gasteiger partial charge is 0.251 e. The van der Waals surface area contributed by atoms with Gasteiger partial charge in [-0.1, -0.05) is 0 Å². The fourth-order valence-electron chi connectivity index (χ4n) is 1.67. The van der Waals surface area contributed by atoms with Crippen molar-refractivity contribution in [2.24, 2.45) is 0 Å². The third kappa shape index (κ3) is 3.26. The van der Waals surface area contributed by atoms with E-state index in [9.17, 15) is 4.79 Å². The van der Waals surface area contributed by atoms with Gasteiger partial charge in [0.25, 0.3) is 5.91 Å². The highest BCUT2D eigenvalue weighted by molar-refractivity contribution is 5.95. The summed E-state index contributed by atoms with van der Waals surface area (Å²) in [6.07, 6.45) is 1.62. The van der Waals surface area contributed by atoms with Gasteiger partial charge in [0.2, 0.25) is 0 Å². The molecule has 0 aliphatic rings. The third-order valence-electron chi connectivity index (χ3n) is 2.73. The number of nitrogens with zero attached hydrogens (tertiary/aromatic N) is 1. The van der Waals surface area contributed by atoms with Crippen LogP contribution in [-0.2, 0) is 0 Å². The van der Waals surface area contributed by atoms with Gasteiger partial charge in [0.1, 0.15) is 5.75 Å². The summed E-state index contributed by atoms with van der Waals surface area (Å²) in [4.78, 5) is 15.9. The molecule has 2 rings (SSSR count). The van der Waals surface area contributed by atoms with Gasteiger partial charge in [-0.15, -0.1) is 0 Å². The van der Waals surface area contributed by atoms with Crippen molar-refractivity contribution in [2.45, 2.75) is 13.8 Å². The number of hydrogen-bond donors (Lipinski definition) is 2. The second kappa shape index (κ2) is 6.06. The first-order chi connectivity index (χ1) is 9.60. The van der Waals surface area contributed by atoms with Crippen molar-refractivity contribution < 1.29 is 9.53 Å². The van der Waals surface area contributed by atoms with E-state index in [-0.39, 0.29) is 5.91 Å². The minimum Gasteiger partial charge on any atom is -0.454 e. The lowest BCUT2D eigenvalue weighted by atomic mass is 10.2. The van der Waals surface area contributed by atoms with Crippen LogP contribution in [0.15, 0.2) is 36.5 Å². The molecule has 5 heteroatoms. The Hall–Kier alpha value is -2.56. The van der Waals surface area contributed by atoms with Gasteiger partial charge in [0, 0.05) is 17.8 Å². The van der Waals surface area contributed by atoms with E-state index >= 15 is 0 Å². The van der Waals surface area contributed by atoms with Gasteiger partial charge < -0.3 is 15.8 Å². The van der Waals surface area contributed by atoms with Gasteiger partial charge >= 0.3 is 0 Å². The molecule has 0 bridgehead atoms. The summed E-state index contributed by atoms with van der Waals surface area (Å²) in [6, 6.07) is 8.60. The van der Waals surface area contributed by atoms with Gasteiger partial charge in [0.15, 0.2) is 5.75 Å². The zero-order valence-corrected chi connectivity index (χ0v) is 11.5. The molecule has 5 nitrogen and oxygen atoms in total. The molecule has 104 valence electrons. The Morgan fingerprint density at radius 1 is 1.35 bits per heavy atom. The maximum atomic E-state index is 11.8. The molecule has 1 aromatic carbocycles. The summed E-state index contributed by atoms with van der Waals surface area (Å²) >= 11 is 0. The van der Waals surface area contributed by atoms with E-state index in [2.05, 4.69) is 10.3 Å². The molecule has 0 atom stereocenters. The van der Waals surface area contributed by atoms with E-state index in [1.807, 2.05) is 19.9 Å². The average molecular weight is 271 g/mol. The van der Waals surface area contributed by atoms with Crippen LogP contribution >= 0.6 is 0 Å². The van der Waals surface area contributed by atoms with Crippen LogP contribution in [0.1, 0.15) is 23.0 Å². The maximum Gasteiger partial charge on any atom is 0.251 e. The Balaban J connectivity index is 2.24. The lowest BCUT2D eigenvalue weighted by molar-refractivity contribution is 0.0955. The number of nitrogen functional groups attached to an aromatic ring is 1. The average Bonchev–Trinajstić information content (AvgIpc) is 2.44. The van der Waals surface area contributed by atoms with Crippen LogP contribution in [-0.4, -0.2) is 17.4 Å². The summed E-state index contributed by atoms with van der Waals surface area (Å²) in [6.45, 7) is 4.33. The largest absolute Gasteiger partial charge is 0.454 e. The number of amides is 1. The SMILES string of the molecule is CCNC(=O)c1ccc(N)c(Oc2ccc(C)nc2)c1. The Bertz CT molecular complexity index is 609. The number of nitrogens with two attached hydrogens (primary N) is 1. The summed E-state index contributed by atoms with van der Waals surface area (Å²) in [5, 5.41) is 2.73. The molecule has 0 aliphatic heterocycles. The highest BCUT2D eigenvalue weighted by Gasteiger charge is 2.09. The van der Waals surface area contributed by atoms with E-state index in [0.29, 0.717) is 29.3 Å². The van der Waals surface area contributed by atoms with Crippen molar-refractivity contribution in [3.63, 3.8) is 0 Å². The van der Waals surface area contributed by atoms with Crippen molar-refractivity contribution in [3.05, 3.63) is 47.8 Å². The summed E-state index contributed by atoms with van der Waals surface area (Å²) < 4.78 is 5.67. The van der Waals surface area contributed by atoms with Gasteiger partial charge in [0.05, 0.1) is 11.9 Å². The highest BCUT2D eigenvalue weighted by Crippen LogP contribution is 2.28. The first kappa shape index (κ1) is 13.9. The number of aromatic nitrogens is 1. The number of rotatable bonds is 4. The van der Waals surface area contributed by atoms with E-state index < -0.39 is 0 Å². The lowest BCUT2D eigenvalue weighted by Gasteiger charge is -2.10. The molecule has 2 aromatic rings. The Kier molecular flexibility index (Phi) is 4.20. The van der Waals surface area contributed by atoms with Crippen molar-refractivity contribution in [2.75, 3.05) is 12.3 Å². The summed E-state index contributed by atoms with van der Waals surface area (Å²) in [5.74, 6) is 0.870. The lowest BCUT2D eigenvalue weighted by Crippen LogP contribution is -2.22. The minimum atomic E-state index is -0.153. The van der Waals surface area contributed by atoms with E-state index in [1.54, 1.807) is 30.5 Å². The third-order valence-corrected chi connectivity index (χ3v) is 2.73. The van der Waals surface area contributed by atoms with Crippen LogP contribution in [0, 0.1) is 6.92 Å². The fourth-order valence-corrected chi connectivity index (χ4v) is 1.67.